The summed E-state index contributed by atoms with van der Waals surface area (Å²) >= 11 is 0. The zero-order valence-corrected chi connectivity index (χ0v) is 15.5. The van der Waals surface area contributed by atoms with Crippen LogP contribution in [0.1, 0.15) is 32.3 Å². The predicted molar refractivity (Wildman–Crippen MR) is 98.3 cm³/mol. The van der Waals surface area contributed by atoms with Crippen LogP contribution in [0.5, 0.6) is 11.5 Å². The van der Waals surface area contributed by atoms with Gasteiger partial charge in [0.2, 0.25) is 5.91 Å². The molecule has 1 aromatic rings. The lowest BCUT2D eigenvalue weighted by atomic mass is 10.0. The van der Waals surface area contributed by atoms with Crippen molar-refractivity contribution in [3.63, 3.8) is 0 Å². The van der Waals surface area contributed by atoms with E-state index in [-0.39, 0.29) is 5.91 Å². The fourth-order valence-corrected chi connectivity index (χ4v) is 3.30. The number of hydrogen-bond acceptors (Lipinski definition) is 5. The van der Waals surface area contributed by atoms with E-state index in [0.717, 1.165) is 24.2 Å². The molecule has 0 bridgehead atoms. The monoisotopic (exact) mass is 361 g/mol. The Morgan fingerprint density at radius 3 is 2.42 bits per heavy atom. The molecule has 2 heterocycles. The summed E-state index contributed by atoms with van der Waals surface area (Å²) in [6, 6.07) is 5.68. The molecule has 0 radical (unpaired) electrons. The van der Waals surface area contributed by atoms with Gasteiger partial charge in [-0.1, -0.05) is 6.07 Å². The lowest BCUT2D eigenvalue weighted by molar-refractivity contribution is -0.186. The molecule has 1 spiro atoms. The summed E-state index contributed by atoms with van der Waals surface area (Å²) in [6.45, 7) is 7.60. The third-order valence-corrected chi connectivity index (χ3v) is 4.64. The maximum atomic E-state index is 12.5. The van der Waals surface area contributed by atoms with Gasteiger partial charge in [0, 0.05) is 32.0 Å². The first kappa shape index (κ1) is 18.7. The first-order chi connectivity index (χ1) is 12.7. The molecule has 2 aliphatic heterocycles. The summed E-state index contributed by atoms with van der Waals surface area (Å²) in [7, 11) is 0. The van der Waals surface area contributed by atoms with Crippen molar-refractivity contribution in [1.29, 1.82) is 0 Å². The summed E-state index contributed by atoms with van der Waals surface area (Å²) in [5.41, 5.74) is 0.904. The highest BCUT2D eigenvalue weighted by Gasteiger charge is 2.40. The Hall–Kier alpha value is -2.05. The number of amides is 1. The van der Waals surface area contributed by atoms with Gasteiger partial charge in [0.05, 0.1) is 26.4 Å². The lowest BCUT2D eigenvalue weighted by Gasteiger charge is -2.37. The van der Waals surface area contributed by atoms with Crippen LogP contribution in [-0.2, 0) is 14.3 Å². The van der Waals surface area contributed by atoms with Gasteiger partial charge in [-0.25, -0.2) is 0 Å². The van der Waals surface area contributed by atoms with E-state index in [0.29, 0.717) is 45.3 Å². The van der Waals surface area contributed by atoms with Crippen LogP contribution in [0.4, 0.5) is 0 Å². The van der Waals surface area contributed by atoms with Crippen molar-refractivity contribution in [2.75, 3.05) is 39.5 Å². The van der Waals surface area contributed by atoms with Gasteiger partial charge in [0.1, 0.15) is 0 Å². The van der Waals surface area contributed by atoms with Gasteiger partial charge in [-0.05, 0) is 37.6 Å². The van der Waals surface area contributed by atoms with Crippen LogP contribution < -0.4 is 9.47 Å². The Bertz CT molecular complexity index is 642. The number of piperidine rings is 1. The Kier molecular flexibility index (Phi) is 6.16. The van der Waals surface area contributed by atoms with E-state index >= 15 is 0 Å². The van der Waals surface area contributed by atoms with Gasteiger partial charge >= 0.3 is 0 Å². The molecule has 0 atom stereocenters. The van der Waals surface area contributed by atoms with Crippen LogP contribution in [0.15, 0.2) is 24.3 Å². The van der Waals surface area contributed by atoms with E-state index in [1.165, 1.54) is 0 Å². The highest BCUT2D eigenvalue weighted by Crippen LogP contribution is 2.31. The molecule has 142 valence electrons. The molecule has 0 aromatic heterocycles. The average Bonchev–Trinajstić information content (AvgIpc) is 3.10. The normalized spacial score (nSPS) is 19.2. The smallest absolute Gasteiger partial charge is 0.246 e. The maximum absolute atomic E-state index is 12.5. The highest BCUT2D eigenvalue weighted by atomic mass is 16.7. The molecule has 0 N–H and O–H groups in total. The second-order valence-electron chi connectivity index (χ2n) is 6.34. The molecule has 2 aliphatic rings. The summed E-state index contributed by atoms with van der Waals surface area (Å²) < 4.78 is 22.6. The quantitative estimate of drug-likeness (QED) is 0.729. The van der Waals surface area contributed by atoms with E-state index in [4.69, 9.17) is 18.9 Å². The molecule has 0 unspecified atom stereocenters. The first-order valence-corrected chi connectivity index (χ1v) is 9.30. The van der Waals surface area contributed by atoms with Crippen molar-refractivity contribution in [1.82, 2.24) is 4.90 Å². The van der Waals surface area contributed by atoms with Crippen molar-refractivity contribution < 1.29 is 23.7 Å². The fraction of sp³-hybridized carbons (Fsp3) is 0.550. The number of rotatable bonds is 6. The van der Waals surface area contributed by atoms with E-state index in [1.54, 1.807) is 6.08 Å². The van der Waals surface area contributed by atoms with Crippen molar-refractivity contribution in [3.05, 3.63) is 29.8 Å². The SMILES string of the molecule is CCOc1ccc(/C=C/C(=O)N2CCC3(CC2)OCCO3)cc1OCC. The van der Waals surface area contributed by atoms with Crippen molar-refractivity contribution >= 4 is 12.0 Å². The molecule has 2 fully saturated rings. The lowest BCUT2D eigenvalue weighted by Crippen LogP contribution is -2.46. The van der Waals surface area contributed by atoms with Crippen LogP contribution in [0.25, 0.3) is 6.08 Å². The predicted octanol–water partition coefficient (Wildman–Crippen LogP) is 2.86. The number of hydrogen-bond donors (Lipinski definition) is 0. The van der Waals surface area contributed by atoms with Gasteiger partial charge < -0.3 is 23.8 Å². The molecule has 2 saturated heterocycles. The van der Waals surface area contributed by atoms with Gasteiger partial charge in [-0.2, -0.15) is 0 Å². The molecular formula is C20H27NO5. The topological polar surface area (TPSA) is 57.2 Å². The van der Waals surface area contributed by atoms with E-state index < -0.39 is 5.79 Å². The van der Waals surface area contributed by atoms with Gasteiger partial charge in [-0.3, -0.25) is 4.79 Å². The average molecular weight is 361 g/mol. The molecule has 6 heteroatoms. The van der Waals surface area contributed by atoms with Crippen LogP contribution in [0.2, 0.25) is 0 Å². The van der Waals surface area contributed by atoms with Crippen molar-refractivity contribution in [2.24, 2.45) is 0 Å². The van der Waals surface area contributed by atoms with Crippen molar-refractivity contribution in [2.45, 2.75) is 32.5 Å². The Balaban J connectivity index is 1.60. The highest BCUT2D eigenvalue weighted by molar-refractivity contribution is 5.92. The largest absolute Gasteiger partial charge is 0.490 e. The molecule has 3 rings (SSSR count). The van der Waals surface area contributed by atoms with E-state index in [1.807, 2.05) is 43.0 Å². The van der Waals surface area contributed by atoms with Gasteiger partial charge in [-0.15, -0.1) is 0 Å². The minimum Gasteiger partial charge on any atom is -0.490 e. The Morgan fingerprint density at radius 2 is 1.77 bits per heavy atom. The van der Waals surface area contributed by atoms with Crippen LogP contribution >= 0.6 is 0 Å². The van der Waals surface area contributed by atoms with Crippen LogP contribution in [0, 0.1) is 0 Å². The van der Waals surface area contributed by atoms with E-state index in [2.05, 4.69) is 0 Å². The Morgan fingerprint density at radius 1 is 1.12 bits per heavy atom. The molecule has 26 heavy (non-hydrogen) atoms. The van der Waals surface area contributed by atoms with Crippen LogP contribution in [0.3, 0.4) is 0 Å². The second kappa shape index (κ2) is 8.56. The van der Waals surface area contributed by atoms with Crippen molar-refractivity contribution in [3.8, 4) is 11.5 Å². The second-order valence-corrected chi connectivity index (χ2v) is 6.34. The number of ether oxygens (including phenoxy) is 4. The van der Waals surface area contributed by atoms with E-state index in [9.17, 15) is 4.79 Å². The standard InChI is InChI=1S/C20H27NO5/c1-3-23-17-7-5-16(15-18(17)24-4-2)6-8-19(22)21-11-9-20(10-12-21)25-13-14-26-20/h5-8,15H,3-4,9-14H2,1-2H3/b8-6+. The summed E-state index contributed by atoms with van der Waals surface area (Å²) in [4.78, 5) is 14.3. The summed E-state index contributed by atoms with van der Waals surface area (Å²) in [5.74, 6) is 0.960. The number of carbonyl (C=O) groups is 1. The minimum atomic E-state index is -0.456. The number of carbonyl (C=O) groups excluding carboxylic acids is 1. The number of nitrogens with zero attached hydrogens (tertiary/aromatic N) is 1. The zero-order chi connectivity index (χ0) is 18.4. The molecule has 1 aromatic carbocycles. The number of likely N-dealkylation sites (tertiary alicyclic amines) is 1. The van der Waals surface area contributed by atoms with Gasteiger partial charge in [0.15, 0.2) is 17.3 Å². The molecule has 0 saturated carbocycles. The molecule has 0 aliphatic carbocycles. The molecule has 6 nitrogen and oxygen atoms in total. The first-order valence-electron chi connectivity index (χ1n) is 9.30. The summed E-state index contributed by atoms with van der Waals surface area (Å²) in [5, 5.41) is 0. The number of benzene rings is 1. The summed E-state index contributed by atoms with van der Waals surface area (Å²) in [6.07, 6.45) is 4.88. The fourth-order valence-electron chi connectivity index (χ4n) is 3.30. The zero-order valence-electron chi connectivity index (χ0n) is 15.5. The maximum Gasteiger partial charge on any atom is 0.246 e. The van der Waals surface area contributed by atoms with Gasteiger partial charge in [0.25, 0.3) is 0 Å². The third kappa shape index (κ3) is 4.37. The molecule has 1 amide bonds. The van der Waals surface area contributed by atoms with Crippen LogP contribution in [-0.4, -0.2) is 56.1 Å². The third-order valence-electron chi connectivity index (χ3n) is 4.64. The molecular weight excluding hydrogens is 334 g/mol. The minimum absolute atomic E-state index is 0.00434. The Labute approximate surface area is 154 Å².